The first-order valence-corrected chi connectivity index (χ1v) is 11.4. The lowest BCUT2D eigenvalue weighted by Gasteiger charge is -2.10. The molecule has 4 nitrogen and oxygen atoms in total. The Labute approximate surface area is 194 Å². The molecule has 6 heteroatoms. The number of aryl methyl sites for hydroxylation is 2. The van der Waals surface area contributed by atoms with Crippen LogP contribution in [0, 0.1) is 13.8 Å². The Morgan fingerprint density at radius 3 is 2.39 bits per heavy atom. The van der Waals surface area contributed by atoms with Crippen LogP contribution in [-0.2, 0) is 11.4 Å². The van der Waals surface area contributed by atoms with Gasteiger partial charge < -0.3 is 10.1 Å². The van der Waals surface area contributed by atoms with E-state index >= 15 is 0 Å². The zero-order chi connectivity index (χ0) is 21.8. The third kappa shape index (κ3) is 5.66. The number of carbonyl (C=O) groups is 1. The standard InChI is InChI=1S/C25H21BrN2O2S/c1-16-3-7-18(8-4-16)15-30-22-12-9-20(26)13-19(22)14-23-24(29)28-25(31-23)27-21-10-5-17(2)6-11-21/h3-14H,15H2,1-2H3,(H,27,28,29). The second-order valence-electron chi connectivity index (χ2n) is 7.27. The van der Waals surface area contributed by atoms with Gasteiger partial charge in [-0.3, -0.25) is 4.79 Å². The Morgan fingerprint density at radius 2 is 1.68 bits per heavy atom. The maximum absolute atomic E-state index is 12.5. The van der Waals surface area contributed by atoms with Crippen LogP contribution in [0.3, 0.4) is 0 Å². The number of benzene rings is 3. The average Bonchev–Trinajstić information content (AvgIpc) is 3.09. The largest absolute Gasteiger partial charge is 0.488 e. The molecule has 1 heterocycles. The predicted molar refractivity (Wildman–Crippen MR) is 132 cm³/mol. The molecule has 0 spiro atoms. The number of rotatable bonds is 5. The number of amides is 1. The summed E-state index contributed by atoms with van der Waals surface area (Å²) >= 11 is 4.83. The van der Waals surface area contributed by atoms with Crippen molar-refractivity contribution in [2.75, 3.05) is 0 Å². The van der Waals surface area contributed by atoms with Gasteiger partial charge in [-0.1, -0.05) is 63.5 Å². The summed E-state index contributed by atoms with van der Waals surface area (Å²) in [7, 11) is 0. The van der Waals surface area contributed by atoms with Gasteiger partial charge in [0.15, 0.2) is 5.17 Å². The Hall–Kier alpha value is -2.83. The highest BCUT2D eigenvalue weighted by molar-refractivity contribution is 9.10. The lowest BCUT2D eigenvalue weighted by Crippen LogP contribution is -2.19. The highest BCUT2D eigenvalue weighted by Crippen LogP contribution is 2.32. The van der Waals surface area contributed by atoms with Gasteiger partial charge in [-0.05, 0) is 67.6 Å². The summed E-state index contributed by atoms with van der Waals surface area (Å²) in [5.74, 6) is 0.550. The van der Waals surface area contributed by atoms with Gasteiger partial charge in [0, 0.05) is 10.0 Å². The summed E-state index contributed by atoms with van der Waals surface area (Å²) < 4.78 is 6.98. The number of thioether (sulfide) groups is 1. The van der Waals surface area contributed by atoms with E-state index < -0.39 is 0 Å². The molecule has 0 saturated carbocycles. The number of amidine groups is 1. The molecule has 3 aromatic rings. The van der Waals surface area contributed by atoms with Crippen LogP contribution in [0.4, 0.5) is 5.69 Å². The molecule has 1 fully saturated rings. The van der Waals surface area contributed by atoms with Gasteiger partial charge >= 0.3 is 0 Å². The molecule has 0 unspecified atom stereocenters. The van der Waals surface area contributed by atoms with E-state index in [0.717, 1.165) is 21.3 Å². The summed E-state index contributed by atoms with van der Waals surface area (Å²) in [5.41, 5.74) is 5.10. The highest BCUT2D eigenvalue weighted by Gasteiger charge is 2.24. The van der Waals surface area contributed by atoms with Gasteiger partial charge in [0.2, 0.25) is 0 Å². The van der Waals surface area contributed by atoms with E-state index in [1.807, 2.05) is 55.5 Å². The Bertz CT molecular complexity index is 1170. The molecule has 1 saturated heterocycles. The zero-order valence-electron chi connectivity index (χ0n) is 17.2. The van der Waals surface area contributed by atoms with Crippen molar-refractivity contribution in [2.24, 2.45) is 4.99 Å². The van der Waals surface area contributed by atoms with Crippen LogP contribution in [0.1, 0.15) is 22.3 Å². The minimum Gasteiger partial charge on any atom is -0.488 e. The third-order valence-corrected chi connectivity index (χ3v) is 6.09. The fraction of sp³-hybridized carbons (Fsp3) is 0.120. The van der Waals surface area contributed by atoms with Crippen molar-refractivity contribution in [1.82, 2.24) is 5.32 Å². The molecule has 4 rings (SSSR count). The van der Waals surface area contributed by atoms with Crippen LogP contribution < -0.4 is 10.1 Å². The minimum absolute atomic E-state index is 0.166. The normalized spacial score (nSPS) is 16.0. The first-order valence-electron chi connectivity index (χ1n) is 9.80. The highest BCUT2D eigenvalue weighted by atomic mass is 79.9. The van der Waals surface area contributed by atoms with E-state index in [2.05, 4.69) is 57.4 Å². The third-order valence-electron chi connectivity index (χ3n) is 4.69. The molecule has 1 N–H and O–H groups in total. The van der Waals surface area contributed by atoms with Crippen LogP contribution >= 0.6 is 27.7 Å². The van der Waals surface area contributed by atoms with Gasteiger partial charge in [0.25, 0.3) is 5.91 Å². The predicted octanol–water partition coefficient (Wildman–Crippen LogP) is 6.54. The van der Waals surface area contributed by atoms with Crippen molar-refractivity contribution >= 4 is 50.5 Å². The van der Waals surface area contributed by atoms with Crippen molar-refractivity contribution in [3.05, 3.63) is 98.4 Å². The second kappa shape index (κ2) is 9.54. The Kier molecular flexibility index (Phi) is 6.59. The first kappa shape index (κ1) is 21.4. The smallest absolute Gasteiger partial charge is 0.264 e. The van der Waals surface area contributed by atoms with Gasteiger partial charge in [-0.25, -0.2) is 4.99 Å². The van der Waals surface area contributed by atoms with E-state index in [1.165, 1.54) is 22.9 Å². The minimum atomic E-state index is -0.166. The van der Waals surface area contributed by atoms with E-state index in [4.69, 9.17) is 4.74 Å². The number of hydrogen-bond acceptors (Lipinski definition) is 4. The molecule has 156 valence electrons. The number of halogens is 1. The number of carbonyl (C=O) groups excluding carboxylic acids is 1. The summed E-state index contributed by atoms with van der Waals surface area (Å²) in [6.45, 7) is 4.54. The summed E-state index contributed by atoms with van der Waals surface area (Å²) in [4.78, 5) is 17.6. The molecule has 31 heavy (non-hydrogen) atoms. The lowest BCUT2D eigenvalue weighted by molar-refractivity contribution is -0.115. The maximum atomic E-state index is 12.5. The van der Waals surface area contributed by atoms with Gasteiger partial charge in [0.05, 0.1) is 10.6 Å². The summed E-state index contributed by atoms with van der Waals surface area (Å²) in [5, 5.41) is 3.40. The van der Waals surface area contributed by atoms with E-state index in [1.54, 1.807) is 0 Å². The van der Waals surface area contributed by atoms with Crippen molar-refractivity contribution in [2.45, 2.75) is 20.5 Å². The number of nitrogens with zero attached hydrogens (tertiary/aromatic N) is 1. The molecule has 0 bridgehead atoms. The summed E-state index contributed by atoms with van der Waals surface area (Å²) in [6.07, 6.45) is 1.84. The molecule has 0 aromatic heterocycles. The first-order chi connectivity index (χ1) is 15.0. The average molecular weight is 493 g/mol. The molecule has 1 amide bonds. The van der Waals surface area contributed by atoms with Crippen molar-refractivity contribution < 1.29 is 9.53 Å². The zero-order valence-corrected chi connectivity index (χ0v) is 19.6. The quantitative estimate of drug-likeness (QED) is 0.411. The fourth-order valence-corrected chi connectivity index (χ4v) is 4.18. The Balaban J connectivity index is 1.54. The molecule has 0 atom stereocenters. The lowest BCUT2D eigenvalue weighted by atomic mass is 10.1. The fourth-order valence-electron chi connectivity index (χ4n) is 2.97. The number of aliphatic imine (C=N–C) groups is 1. The topological polar surface area (TPSA) is 50.7 Å². The Morgan fingerprint density at radius 1 is 1.00 bits per heavy atom. The van der Waals surface area contributed by atoms with Crippen LogP contribution in [0.25, 0.3) is 6.08 Å². The molecule has 3 aromatic carbocycles. The van der Waals surface area contributed by atoms with Crippen LogP contribution in [0.15, 0.2) is 81.1 Å². The second-order valence-corrected chi connectivity index (χ2v) is 9.22. The van der Waals surface area contributed by atoms with Crippen molar-refractivity contribution in [3.63, 3.8) is 0 Å². The maximum Gasteiger partial charge on any atom is 0.264 e. The van der Waals surface area contributed by atoms with E-state index in [0.29, 0.717) is 22.4 Å². The number of hydrogen-bond donors (Lipinski definition) is 1. The van der Waals surface area contributed by atoms with E-state index in [-0.39, 0.29) is 5.91 Å². The van der Waals surface area contributed by atoms with Crippen molar-refractivity contribution in [1.29, 1.82) is 0 Å². The van der Waals surface area contributed by atoms with Crippen LogP contribution in [-0.4, -0.2) is 11.1 Å². The van der Waals surface area contributed by atoms with Crippen LogP contribution in [0.5, 0.6) is 5.75 Å². The molecule has 0 radical (unpaired) electrons. The van der Waals surface area contributed by atoms with Crippen molar-refractivity contribution in [3.8, 4) is 5.75 Å². The van der Waals surface area contributed by atoms with Gasteiger partial charge in [-0.2, -0.15) is 0 Å². The van der Waals surface area contributed by atoms with Gasteiger partial charge in [-0.15, -0.1) is 0 Å². The molecule has 1 aliphatic heterocycles. The van der Waals surface area contributed by atoms with Gasteiger partial charge in [0.1, 0.15) is 12.4 Å². The SMILES string of the molecule is Cc1ccc(COc2ccc(Br)cc2C=C2SC(=Nc3ccc(C)cc3)NC2=O)cc1. The van der Waals surface area contributed by atoms with Crippen LogP contribution in [0.2, 0.25) is 0 Å². The summed E-state index contributed by atoms with van der Waals surface area (Å²) in [6, 6.07) is 21.9. The molecular weight excluding hydrogens is 472 g/mol. The van der Waals surface area contributed by atoms with E-state index in [9.17, 15) is 4.79 Å². The molecular formula is C25H21BrN2O2S. The number of nitrogens with one attached hydrogen (secondary N) is 1. The molecule has 1 aliphatic rings. The molecule has 0 aliphatic carbocycles. The monoisotopic (exact) mass is 492 g/mol. The number of ether oxygens (including phenoxy) is 1.